The van der Waals surface area contributed by atoms with Gasteiger partial charge >= 0.3 is 0 Å². The predicted molar refractivity (Wildman–Crippen MR) is 122 cm³/mol. The molecule has 1 fully saturated rings. The normalized spacial score (nSPS) is 17.2. The van der Waals surface area contributed by atoms with Crippen LogP contribution in [0.5, 0.6) is 11.5 Å². The van der Waals surface area contributed by atoms with Crippen LogP contribution in [-0.4, -0.2) is 31.0 Å². The summed E-state index contributed by atoms with van der Waals surface area (Å²) < 4.78 is 39.2. The molecule has 1 amide bonds. The monoisotopic (exact) mass is 485 g/mol. The first-order chi connectivity index (χ1) is 16.3. The maximum atomic E-state index is 14.7. The Hall–Kier alpha value is -3.91. The van der Waals surface area contributed by atoms with Gasteiger partial charge in [-0.05, 0) is 23.8 Å². The molecule has 0 bridgehead atoms. The van der Waals surface area contributed by atoms with E-state index in [0.717, 1.165) is 23.1 Å². The number of anilines is 1. The Bertz CT molecular complexity index is 1330. The van der Waals surface area contributed by atoms with E-state index in [4.69, 9.17) is 21.1 Å². The molecule has 1 saturated heterocycles. The summed E-state index contributed by atoms with van der Waals surface area (Å²) >= 11 is 6.22. The molecule has 3 aromatic rings. The highest BCUT2D eigenvalue weighted by Crippen LogP contribution is 2.45. The standard InChI is InChI=1S/C25H18ClF2NO5/c1-33-19-12-20(34-2)16(26)11-15(19)23(30)21-22(13-6-4-3-5-7-13)29(25(32)24(21)31)18-10-14(27)8-9-17(18)28/h3-12,22,30H,1-2H3/b23-21+. The number of Topliss-reactive ketones (excluding diaryl/α,β-unsaturated/α-hetero) is 1. The van der Waals surface area contributed by atoms with Gasteiger partial charge in [0.05, 0.1) is 42.1 Å². The average Bonchev–Trinajstić information content (AvgIpc) is 3.10. The molecule has 0 aliphatic carbocycles. The van der Waals surface area contributed by atoms with Crippen molar-refractivity contribution in [1.82, 2.24) is 0 Å². The highest BCUT2D eigenvalue weighted by atomic mass is 35.5. The van der Waals surface area contributed by atoms with Crippen molar-refractivity contribution in [2.75, 3.05) is 19.1 Å². The number of carbonyl (C=O) groups excluding carboxylic acids is 2. The number of benzene rings is 3. The molecule has 9 heteroatoms. The number of carbonyl (C=O) groups is 2. The van der Waals surface area contributed by atoms with Gasteiger partial charge in [0.15, 0.2) is 0 Å². The number of rotatable bonds is 5. The van der Waals surface area contributed by atoms with E-state index in [1.165, 1.54) is 26.4 Å². The van der Waals surface area contributed by atoms with Crippen molar-refractivity contribution in [2.24, 2.45) is 0 Å². The fraction of sp³-hybridized carbons (Fsp3) is 0.120. The molecule has 1 atom stereocenters. The second-order valence-corrected chi connectivity index (χ2v) is 7.77. The van der Waals surface area contributed by atoms with Crippen molar-refractivity contribution in [3.63, 3.8) is 0 Å². The lowest BCUT2D eigenvalue weighted by Gasteiger charge is -2.26. The molecule has 0 saturated carbocycles. The Kier molecular flexibility index (Phi) is 6.26. The molecule has 34 heavy (non-hydrogen) atoms. The summed E-state index contributed by atoms with van der Waals surface area (Å²) in [6.45, 7) is 0. The molecule has 174 valence electrons. The second-order valence-electron chi connectivity index (χ2n) is 7.36. The van der Waals surface area contributed by atoms with Crippen molar-refractivity contribution < 1.29 is 33.0 Å². The van der Waals surface area contributed by atoms with Crippen LogP contribution in [0.3, 0.4) is 0 Å². The molecule has 1 unspecified atom stereocenters. The summed E-state index contributed by atoms with van der Waals surface area (Å²) in [5.41, 5.74) is -0.355. The number of amides is 1. The zero-order chi connectivity index (χ0) is 24.6. The molecule has 1 heterocycles. The summed E-state index contributed by atoms with van der Waals surface area (Å²) in [6.07, 6.45) is 0. The highest BCUT2D eigenvalue weighted by molar-refractivity contribution is 6.51. The van der Waals surface area contributed by atoms with Gasteiger partial charge in [-0.25, -0.2) is 8.78 Å². The van der Waals surface area contributed by atoms with E-state index in [1.807, 2.05) is 0 Å². The zero-order valence-electron chi connectivity index (χ0n) is 18.0. The van der Waals surface area contributed by atoms with Gasteiger partial charge in [-0.15, -0.1) is 0 Å². The SMILES string of the molecule is COc1cc(OC)c(/C(O)=C2\C(=O)C(=O)N(c3cc(F)ccc3F)C2c2ccccc2)cc1Cl. The van der Waals surface area contributed by atoms with Crippen molar-refractivity contribution in [1.29, 1.82) is 0 Å². The quantitative estimate of drug-likeness (QED) is 0.303. The second kappa shape index (κ2) is 9.15. The minimum Gasteiger partial charge on any atom is -0.507 e. The minimum atomic E-state index is -1.25. The molecule has 1 aliphatic heterocycles. The number of hydrogen-bond acceptors (Lipinski definition) is 5. The van der Waals surface area contributed by atoms with Gasteiger partial charge in [-0.2, -0.15) is 0 Å². The van der Waals surface area contributed by atoms with Gasteiger partial charge in [0.2, 0.25) is 0 Å². The van der Waals surface area contributed by atoms with Crippen molar-refractivity contribution >= 4 is 34.7 Å². The number of methoxy groups -OCH3 is 2. The molecule has 0 spiro atoms. The van der Waals surface area contributed by atoms with Crippen LogP contribution in [0.25, 0.3) is 5.76 Å². The molecule has 0 aromatic heterocycles. The van der Waals surface area contributed by atoms with Gasteiger partial charge in [-0.1, -0.05) is 41.9 Å². The molecule has 3 aromatic carbocycles. The number of aliphatic hydroxyl groups is 1. The third-order valence-corrected chi connectivity index (χ3v) is 5.75. The van der Waals surface area contributed by atoms with Crippen LogP contribution in [0.2, 0.25) is 5.02 Å². The maximum absolute atomic E-state index is 14.7. The third-order valence-electron chi connectivity index (χ3n) is 5.46. The van der Waals surface area contributed by atoms with Gasteiger partial charge in [-0.3, -0.25) is 14.5 Å². The lowest BCUT2D eigenvalue weighted by atomic mass is 9.94. The number of ether oxygens (including phenoxy) is 2. The minimum absolute atomic E-state index is 0.0203. The van der Waals surface area contributed by atoms with Gasteiger partial charge in [0, 0.05) is 12.1 Å². The zero-order valence-corrected chi connectivity index (χ0v) is 18.8. The van der Waals surface area contributed by atoms with Crippen LogP contribution >= 0.6 is 11.6 Å². The van der Waals surface area contributed by atoms with Crippen molar-refractivity contribution in [2.45, 2.75) is 6.04 Å². The Balaban J connectivity index is 2.01. The first-order valence-electron chi connectivity index (χ1n) is 10.0. The first-order valence-corrected chi connectivity index (χ1v) is 10.4. The van der Waals surface area contributed by atoms with Gasteiger partial charge in [0.25, 0.3) is 11.7 Å². The van der Waals surface area contributed by atoms with E-state index in [2.05, 4.69) is 0 Å². The van der Waals surface area contributed by atoms with E-state index in [1.54, 1.807) is 30.3 Å². The summed E-state index contributed by atoms with van der Waals surface area (Å²) in [5, 5.41) is 11.4. The fourth-order valence-electron chi connectivity index (χ4n) is 3.89. The lowest BCUT2D eigenvalue weighted by Crippen LogP contribution is -2.30. The summed E-state index contributed by atoms with van der Waals surface area (Å²) in [7, 11) is 2.74. The summed E-state index contributed by atoms with van der Waals surface area (Å²) in [4.78, 5) is 27.1. The maximum Gasteiger partial charge on any atom is 0.300 e. The molecular formula is C25H18ClF2NO5. The van der Waals surface area contributed by atoms with Crippen LogP contribution in [0.4, 0.5) is 14.5 Å². The lowest BCUT2D eigenvalue weighted by molar-refractivity contribution is -0.132. The Morgan fingerprint density at radius 1 is 0.971 bits per heavy atom. The van der Waals surface area contributed by atoms with Crippen LogP contribution < -0.4 is 14.4 Å². The van der Waals surface area contributed by atoms with Gasteiger partial charge in [0.1, 0.15) is 28.9 Å². The summed E-state index contributed by atoms with van der Waals surface area (Å²) in [6, 6.07) is 12.3. The predicted octanol–water partition coefficient (Wildman–Crippen LogP) is 5.26. The molecule has 4 rings (SSSR count). The van der Waals surface area contributed by atoms with Crippen LogP contribution in [0.1, 0.15) is 17.2 Å². The van der Waals surface area contributed by atoms with E-state index in [9.17, 15) is 23.5 Å². The Labute approximate surface area is 198 Å². The van der Waals surface area contributed by atoms with E-state index in [-0.39, 0.29) is 27.7 Å². The summed E-state index contributed by atoms with van der Waals surface area (Å²) in [5.74, 6) is -4.12. The van der Waals surface area contributed by atoms with E-state index in [0.29, 0.717) is 5.56 Å². The van der Waals surface area contributed by atoms with Crippen LogP contribution in [0.15, 0.2) is 66.2 Å². The Morgan fingerprint density at radius 2 is 1.65 bits per heavy atom. The van der Waals surface area contributed by atoms with Crippen LogP contribution in [0, 0.1) is 11.6 Å². The molecule has 0 radical (unpaired) electrons. The van der Waals surface area contributed by atoms with Crippen LogP contribution in [-0.2, 0) is 9.59 Å². The third kappa shape index (κ3) is 3.86. The van der Waals surface area contributed by atoms with Crippen molar-refractivity contribution in [3.8, 4) is 11.5 Å². The number of aliphatic hydroxyl groups excluding tert-OH is 1. The number of ketones is 1. The van der Waals surface area contributed by atoms with Gasteiger partial charge < -0.3 is 14.6 Å². The first kappa shape index (κ1) is 23.3. The molecular weight excluding hydrogens is 468 g/mol. The fourth-order valence-corrected chi connectivity index (χ4v) is 4.13. The number of halogens is 3. The topological polar surface area (TPSA) is 76.1 Å². The van der Waals surface area contributed by atoms with E-state index >= 15 is 0 Å². The highest BCUT2D eigenvalue weighted by Gasteiger charge is 2.48. The largest absolute Gasteiger partial charge is 0.507 e. The average molecular weight is 486 g/mol. The smallest absolute Gasteiger partial charge is 0.300 e. The number of hydrogen-bond donors (Lipinski definition) is 1. The molecule has 1 aliphatic rings. The van der Waals surface area contributed by atoms with Crippen molar-refractivity contribution in [3.05, 3.63) is 94.0 Å². The Morgan fingerprint density at radius 3 is 2.29 bits per heavy atom. The number of nitrogens with zero attached hydrogens (tertiary/aromatic N) is 1. The van der Waals surface area contributed by atoms with E-state index < -0.39 is 40.8 Å². The molecule has 1 N–H and O–H groups in total. The molecule has 6 nitrogen and oxygen atoms in total.